The summed E-state index contributed by atoms with van der Waals surface area (Å²) in [5.41, 5.74) is 0.727. The summed E-state index contributed by atoms with van der Waals surface area (Å²) in [7, 11) is 0. The van der Waals surface area contributed by atoms with E-state index in [0.717, 1.165) is 40.2 Å². The first-order valence-electron chi connectivity index (χ1n) is 6.59. The minimum atomic E-state index is -0.371. The molecule has 0 radical (unpaired) electrons. The lowest BCUT2D eigenvalue weighted by atomic mass is 9.91. The summed E-state index contributed by atoms with van der Waals surface area (Å²) < 4.78 is 6.26. The lowest BCUT2D eigenvalue weighted by Crippen LogP contribution is -2.64. The molecule has 1 aromatic rings. The molecular weight excluding hydrogens is 312 g/mol. The maximum absolute atomic E-state index is 6.26. The lowest BCUT2D eigenvalue weighted by molar-refractivity contribution is -0.0653. The van der Waals surface area contributed by atoms with Crippen molar-refractivity contribution in [2.24, 2.45) is 0 Å². The molecule has 6 heteroatoms. The Hall–Kier alpha value is -0.650. The molecular formula is C14H17ClN2OS2. The highest BCUT2D eigenvalue weighted by Gasteiger charge is 2.47. The SMILES string of the molecule is CSCCN1C(=S)NC2CC1(C)Oc1ccc(Cl)cc12. The maximum atomic E-state index is 6.26. The van der Waals surface area contributed by atoms with E-state index in [-0.39, 0.29) is 11.8 Å². The predicted octanol–water partition coefficient (Wildman–Crippen LogP) is 3.43. The first kappa shape index (κ1) is 14.3. The fraction of sp³-hybridized carbons (Fsp3) is 0.500. The van der Waals surface area contributed by atoms with Crippen LogP contribution in [0.1, 0.15) is 24.9 Å². The zero-order valence-electron chi connectivity index (χ0n) is 11.5. The van der Waals surface area contributed by atoms with Gasteiger partial charge in [-0.2, -0.15) is 11.8 Å². The molecule has 2 aliphatic rings. The highest BCUT2D eigenvalue weighted by molar-refractivity contribution is 7.98. The molecule has 2 aliphatic heterocycles. The number of fused-ring (bicyclic) bond motifs is 4. The van der Waals surface area contributed by atoms with Crippen LogP contribution in [0.5, 0.6) is 5.75 Å². The number of ether oxygens (including phenoxy) is 1. The summed E-state index contributed by atoms with van der Waals surface area (Å²) in [6.45, 7) is 3.00. The summed E-state index contributed by atoms with van der Waals surface area (Å²) >= 11 is 13.4. The largest absolute Gasteiger partial charge is 0.468 e. The van der Waals surface area contributed by atoms with Crippen LogP contribution in [0.25, 0.3) is 0 Å². The molecule has 0 saturated carbocycles. The van der Waals surface area contributed by atoms with E-state index in [2.05, 4.69) is 23.4 Å². The van der Waals surface area contributed by atoms with Crippen LogP contribution >= 0.6 is 35.6 Å². The van der Waals surface area contributed by atoms with E-state index in [0.29, 0.717) is 0 Å². The minimum Gasteiger partial charge on any atom is -0.468 e. The Morgan fingerprint density at radius 3 is 3.15 bits per heavy atom. The van der Waals surface area contributed by atoms with Crippen molar-refractivity contribution in [3.05, 3.63) is 28.8 Å². The first-order chi connectivity index (χ1) is 9.53. The van der Waals surface area contributed by atoms with Gasteiger partial charge in [-0.25, -0.2) is 0 Å². The Kier molecular flexibility index (Phi) is 3.77. The number of nitrogens with one attached hydrogen (secondary N) is 1. The Balaban J connectivity index is 1.96. The molecule has 2 atom stereocenters. The average molecular weight is 329 g/mol. The molecule has 0 spiro atoms. The second-order valence-electron chi connectivity index (χ2n) is 5.31. The van der Waals surface area contributed by atoms with E-state index in [1.165, 1.54) is 0 Å². The predicted molar refractivity (Wildman–Crippen MR) is 88.7 cm³/mol. The van der Waals surface area contributed by atoms with E-state index >= 15 is 0 Å². The van der Waals surface area contributed by atoms with Crippen molar-refractivity contribution in [2.45, 2.75) is 25.1 Å². The molecule has 1 fully saturated rings. The lowest BCUT2D eigenvalue weighted by Gasteiger charge is -2.52. The third-order valence-corrected chi connectivity index (χ3v) is 5.06. The topological polar surface area (TPSA) is 24.5 Å². The zero-order valence-corrected chi connectivity index (χ0v) is 13.9. The molecule has 0 amide bonds. The normalized spacial score (nSPS) is 27.6. The van der Waals surface area contributed by atoms with Gasteiger partial charge in [0, 0.05) is 29.3 Å². The van der Waals surface area contributed by atoms with Crippen LogP contribution in [-0.2, 0) is 0 Å². The second-order valence-corrected chi connectivity index (χ2v) is 7.12. The van der Waals surface area contributed by atoms with Gasteiger partial charge in [-0.1, -0.05) is 11.6 Å². The van der Waals surface area contributed by atoms with Crippen molar-refractivity contribution in [3.63, 3.8) is 0 Å². The summed E-state index contributed by atoms with van der Waals surface area (Å²) in [4.78, 5) is 2.16. The van der Waals surface area contributed by atoms with Crippen LogP contribution in [0.4, 0.5) is 0 Å². The van der Waals surface area contributed by atoms with Gasteiger partial charge in [-0.05, 0) is 43.6 Å². The third-order valence-electron chi connectivity index (χ3n) is 3.89. The zero-order chi connectivity index (χ0) is 14.3. The van der Waals surface area contributed by atoms with Gasteiger partial charge in [-0.15, -0.1) is 0 Å². The van der Waals surface area contributed by atoms with Crippen LogP contribution < -0.4 is 10.1 Å². The molecule has 0 aliphatic carbocycles. The van der Waals surface area contributed by atoms with E-state index in [9.17, 15) is 0 Å². The molecule has 1 saturated heterocycles. The number of hydrogen-bond acceptors (Lipinski definition) is 3. The number of thioether (sulfide) groups is 1. The van der Waals surface area contributed by atoms with Crippen molar-refractivity contribution in [3.8, 4) is 5.75 Å². The standard InChI is InChI=1S/C14H17ClN2OS2/c1-14-8-11(16-13(19)17(14)5-6-20-2)10-7-9(15)3-4-12(10)18-14/h3-4,7,11H,5-6,8H2,1-2H3,(H,16,19). The number of thiocarbonyl (C=S) groups is 1. The quantitative estimate of drug-likeness (QED) is 0.857. The summed E-state index contributed by atoms with van der Waals surface area (Å²) in [5, 5.41) is 4.92. The Morgan fingerprint density at radius 2 is 2.40 bits per heavy atom. The number of hydrogen-bond donors (Lipinski definition) is 1. The van der Waals surface area contributed by atoms with Gasteiger partial charge in [0.05, 0.1) is 6.04 Å². The number of halogens is 1. The minimum absolute atomic E-state index is 0.181. The number of rotatable bonds is 3. The molecule has 0 aromatic heterocycles. The van der Waals surface area contributed by atoms with Crippen molar-refractivity contribution in [2.75, 3.05) is 18.6 Å². The van der Waals surface area contributed by atoms with E-state index in [1.807, 2.05) is 30.0 Å². The number of nitrogens with zero attached hydrogens (tertiary/aromatic N) is 1. The van der Waals surface area contributed by atoms with Crippen molar-refractivity contribution >= 4 is 40.7 Å². The molecule has 3 rings (SSSR count). The van der Waals surface area contributed by atoms with Gasteiger partial charge in [0.15, 0.2) is 10.8 Å². The maximum Gasteiger partial charge on any atom is 0.184 e. The molecule has 2 heterocycles. The van der Waals surface area contributed by atoms with E-state index < -0.39 is 0 Å². The van der Waals surface area contributed by atoms with Gasteiger partial charge in [0.2, 0.25) is 0 Å². The van der Waals surface area contributed by atoms with Gasteiger partial charge in [0.1, 0.15) is 5.75 Å². The Labute approximate surface area is 134 Å². The highest BCUT2D eigenvalue weighted by Crippen LogP contribution is 2.44. The van der Waals surface area contributed by atoms with Crippen LogP contribution in [0.15, 0.2) is 18.2 Å². The van der Waals surface area contributed by atoms with Crippen molar-refractivity contribution in [1.82, 2.24) is 10.2 Å². The molecule has 1 aromatic carbocycles. The summed E-state index contributed by atoms with van der Waals surface area (Å²) in [6, 6.07) is 5.97. The van der Waals surface area contributed by atoms with Gasteiger partial charge < -0.3 is 15.0 Å². The van der Waals surface area contributed by atoms with Crippen molar-refractivity contribution in [1.29, 1.82) is 0 Å². The van der Waals surface area contributed by atoms with Crippen LogP contribution in [0.2, 0.25) is 5.02 Å². The summed E-state index contributed by atoms with van der Waals surface area (Å²) in [5.74, 6) is 1.93. The Bertz CT molecular complexity index is 554. The highest BCUT2D eigenvalue weighted by atomic mass is 35.5. The first-order valence-corrected chi connectivity index (χ1v) is 8.77. The number of benzene rings is 1. The van der Waals surface area contributed by atoms with E-state index in [1.54, 1.807) is 0 Å². The molecule has 20 heavy (non-hydrogen) atoms. The molecule has 2 unspecified atom stereocenters. The summed E-state index contributed by atoms with van der Waals surface area (Å²) in [6.07, 6.45) is 2.97. The van der Waals surface area contributed by atoms with Gasteiger partial charge in [0.25, 0.3) is 0 Å². The second kappa shape index (κ2) is 5.28. The van der Waals surface area contributed by atoms with Crippen LogP contribution in [0, 0.1) is 0 Å². The van der Waals surface area contributed by atoms with E-state index in [4.69, 9.17) is 28.6 Å². The Morgan fingerprint density at radius 1 is 1.60 bits per heavy atom. The fourth-order valence-electron chi connectivity index (χ4n) is 2.91. The monoisotopic (exact) mass is 328 g/mol. The van der Waals surface area contributed by atoms with Gasteiger partial charge in [-0.3, -0.25) is 0 Å². The van der Waals surface area contributed by atoms with Crippen molar-refractivity contribution < 1.29 is 4.74 Å². The molecule has 3 nitrogen and oxygen atoms in total. The molecule has 1 N–H and O–H groups in total. The fourth-order valence-corrected chi connectivity index (χ4v) is 3.88. The average Bonchev–Trinajstić information content (AvgIpc) is 2.39. The van der Waals surface area contributed by atoms with Crippen LogP contribution in [0.3, 0.4) is 0 Å². The molecule has 2 bridgehead atoms. The van der Waals surface area contributed by atoms with Gasteiger partial charge >= 0.3 is 0 Å². The van der Waals surface area contributed by atoms with Crippen LogP contribution in [-0.4, -0.2) is 34.3 Å². The smallest absolute Gasteiger partial charge is 0.184 e. The molecule has 108 valence electrons. The third kappa shape index (κ3) is 2.36.